The zero-order chi connectivity index (χ0) is 15.7. The number of hydrogen-bond donors (Lipinski definition) is 1. The zero-order valence-electron chi connectivity index (χ0n) is 11.6. The van der Waals surface area contributed by atoms with Crippen LogP contribution < -0.4 is 5.32 Å². The predicted molar refractivity (Wildman–Crippen MR) is 69.9 cm³/mol. The normalized spacial score (nSPS) is 23.5. The van der Waals surface area contributed by atoms with Crippen molar-refractivity contribution in [3.8, 4) is 0 Å². The topological polar surface area (TPSA) is 66.5 Å². The fraction of sp³-hybridized carbons (Fsp3) is 0.917. The van der Waals surface area contributed by atoms with Crippen LogP contribution in [0.2, 0.25) is 0 Å². The average Bonchev–Trinajstić information content (AvgIpc) is 2.69. The van der Waals surface area contributed by atoms with Gasteiger partial charge in [-0.05, 0) is 24.7 Å². The van der Waals surface area contributed by atoms with Crippen LogP contribution in [0, 0.1) is 5.41 Å². The van der Waals surface area contributed by atoms with Crippen molar-refractivity contribution in [3.63, 3.8) is 0 Å². The lowest BCUT2D eigenvalue weighted by atomic mass is 9.78. The first-order valence-corrected chi connectivity index (χ1v) is 8.54. The molecule has 2 heterocycles. The summed E-state index contributed by atoms with van der Waals surface area (Å²) in [6.45, 7) is 1.13. The molecular formula is C12H19F3N2O3S. The van der Waals surface area contributed by atoms with Crippen LogP contribution in [-0.4, -0.2) is 50.2 Å². The highest BCUT2D eigenvalue weighted by molar-refractivity contribution is 7.89. The molecule has 5 nitrogen and oxygen atoms in total. The first-order chi connectivity index (χ1) is 9.62. The highest BCUT2D eigenvalue weighted by Crippen LogP contribution is 2.38. The molecule has 2 aliphatic heterocycles. The number of nitrogens with zero attached hydrogens (tertiary/aromatic N) is 1. The number of alkyl halides is 3. The Balaban J connectivity index is 1.84. The molecule has 0 unspecified atom stereocenters. The second kappa shape index (κ2) is 5.75. The van der Waals surface area contributed by atoms with Crippen LogP contribution >= 0.6 is 0 Å². The van der Waals surface area contributed by atoms with Crippen LogP contribution in [0.5, 0.6) is 0 Å². The minimum absolute atomic E-state index is 0.0171. The lowest BCUT2D eigenvalue weighted by Gasteiger charge is -2.37. The largest absolute Gasteiger partial charge is 0.389 e. The fourth-order valence-corrected chi connectivity index (χ4v) is 4.43. The van der Waals surface area contributed by atoms with Gasteiger partial charge in [-0.3, -0.25) is 4.79 Å². The van der Waals surface area contributed by atoms with E-state index in [-0.39, 0.29) is 24.4 Å². The lowest BCUT2D eigenvalue weighted by Crippen LogP contribution is -2.44. The first-order valence-electron chi connectivity index (χ1n) is 6.93. The quantitative estimate of drug-likeness (QED) is 0.845. The number of rotatable bonds is 4. The van der Waals surface area contributed by atoms with Crippen LogP contribution in [0.1, 0.15) is 32.1 Å². The lowest BCUT2D eigenvalue weighted by molar-refractivity contribution is -0.134. The van der Waals surface area contributed by atoms with Gasteiger partial charge in [0.25, 0.3) is 0 Å². The number of nitrogens with one attached hydrogen (secondary N) is 1. The summed E-state index contributed by atoms with van der Waals surface area (Å²) in [5, 5.41) is 2.75. The molecule has 0 aliphatic carbocycles. The minimum Gasteiger partial charge on any atom is -0.356 e. The predicted octanol–water partition coefficient (Wildman–Crippen LogP) is 1.26. The van der Waals surface area contributed by atoms with E-state index in [1.165, 1.54) is 4.31 Å². The Kier molecular flexibility index (Phi) is 4.53. The third kappa shape index (κ3) is 4.32. The van der Waals surface area contributed by atoms with E-state index in [1.54, 1.807) is 0 Å². The summed E-state index contributed by atoms with van der Waals surface area (Å²) >= 11 is 0. The smallest absolute Gasteiger partial charge is 0.356 e. The van der Waals surface area contributed by atoms with Crippen molar-refractivity contribution < 1.29 is 26.4 Å². The van der Waals surface area contributed by atoms with Crippen molar-refractivity contribution >= 4 is 15.9 Å². The molecule has 0 atom stereocenters. The van der Waals surface area contributed by atoms with E-state index in [9.17, 15) is 26.4 Å². The number of carbonyl (C=O) groups excluding carboxylic acids is 1. The highest BCUT2D eigenvalue weighted by Gasteiger charge is 2.42. The fourth-order valence-electron chi connectivity index (χ4n) is 2.93. The van der Waals surface area contributed by atoms with E-state index in [4.69, 9.17) is 0 Å². The van der Waals surface area contributed by atoms with Crippen LogP contribution in [0.4, 0.5) is 13.2 Å². The van der Waals surface area contributed by atoms with Crippen LogP contribution in [-0.2, 0) is 14.8 Å². The molecule has 21 heavy (non-hydrogen) atoms. The number of amides is 1. The molecule has 0 radical (unpaired) electrons. The maximum Gasteiger partial charge on any atom is 0.389 e. The van der Waals surface area contributed by atoms with Crippen molar-refractivity contribution in [2.75, 3.05) is 25.4 Å². The number of halogens is 3. The molecule has 2 aliphatic rings. The van der Waals surface area contributed by atoms with Gasteiger partial charge in [-0.15, -0.1) is 0 Å². The van der Waals surface area contributed by atoms with E-state index in [2.05, 4.69) is 5.32 Å². The molecular weight excluding hydrogens is 309 g/mol. The van der Waals surface area contributed by atoms with Gasteiger partial charge in [-0.1, -0.05) is 0 Å². The van der Waals surface area contributed by atoms with Crippen molar-refractivity contribution in [1.29, 1.82) is 0 Å². The molecule has 0 aromatic carbocycles. The second-order valence-electron chi connectivity index (χ2n) is 5.89. The second-order valence-corrected chi connectivity index (χ2v) is 7.98. The van der Waals surface area contributed by atoms with Gasteiger partial charge in [0.1, 0.15) is 0 Å². The molecule has 0 bridgehead atoms. The number of piperidine rings is 1. The van der Waals surface area contributed by atoms with Gasteiger partial charge < -0.3 is 5.32 Å². The van der Waals surface area contributed by atoms with Crippen molar-refractivity contribution in [1.82, 2.24) is 9.62 Å². The Bertz CT molecular complexity index is 496. The monoisotopic (exact) mass is 328 g/mol. The maximum atomic E-state index is 12.1. The summed E-state index contributed by atoms with van der Waals surface area (Å²) in [5.41, 5.74) is -0.172. The summed E-state index contributed by atoms with van der Waals surface area (Å²) in [6, 6.07) is 0. The third-order valence-corrected chi connectivity index (χ3v) is 6.19. The van der Waals surface area contributed by atoms with Gasteiger partial charge in [0, 0.05) is 32.5 Å². The van der Waals surface area contributed by atoms with Gasteiger partial charge in [0.05, 0.1) is 5.75 Å². The summed E-state index contributed by atoms with van der Waals surface area (Å²) in [4.78, 5) is 11.3. The summed E-state index contributed by atoms with van der Waals surface area (Å²) < 4.78 is 61.5. The van der Waals surface area contributed by atoms with E-state index < -0.39 is 34.8 Å². The molecule has 2 rings (SSSR count). The van der Waals surface area contributed by atoms with E-state index in [0.29, 0.717) is 25.8 Å². The molecule has 9 heteroatoms. The third-order valence-electron chi connectivity index (χ3n) is 4.24. The Morgan fingerprint density at radius 3 is 2.33 bits per heavy atom. The summed E-state index contributed by atoms with van der Waals surface area (Å²) in [5.74, 6) is -0.493. The van der Waals surface area contributed by atoms with Crippen molar-refractivity contribution in [3.05, 3.63) is 0 Å². The Morgan fingerprint density at radius 1 is 1.24 bits per heavy atom. The van der Waals surface area contributed by atoms with E-state index in [0.717, 1.165) is 0 Å². The molecule has 2 fully saturated rings. The van der Waals surface area contributed by atoms with Crippen molar-refractivity contribution in [2.24, 2.45) is 5.41 Å². The molecule has 122 valence electrons. The van der Waals surface area contributed by atoms with Crippen LogP contribution in [0.25, 0.3) is 0 Å². The summed E-state index contributed by atoms with van der Waals surface area (Å²) in [6.07, 6.45) is -4.25. The van der Waals surface area contributed by atoms with E-state index >= 15 is 0 Å². The van der Waals surface area contributed by atoms with Gasteiger partial charge in [-0.2, -0.15) is 13.2 Å². The molecule has 0 aromatic heterocycles. The van der Waals surface area contributed by atoms with E-state index in [1.807, 2.05) is 0 Å². The Morgan fingerprint density at radius 2 is 1.86 bits per heavy atom. The van der Waals surface area contributed by atoms with Crippen molar-refractivity contribution in [2.45, 2.75) is 38.3 Å². The van der Waals surface area contributed by atoms with Gasteiger partial charge in [0.2, 0.25) is 15.9 Å². The molecule has 1 N–H and O–H groups in total. The molecule has 0 aromatic rings. The maximum absolute atomic E-state index is 12.1. The average molecular weight is 328 g/mol. The summed E-state index contributed by atoms with van der Waals surface area (Å²) in [7, 11) is -3.64. The van der Waals surface area contributed by atoms with Crippen LogP contribution in [0.3, 0.4) is 0 Å². The molecule has 1 amide bonds. The molecule has 0 saturated carbocycles. The highest BCUT2D eigenvalue weighted by atomic mass is 32.2. The first kappa shape index (κ1) is 16.5. The zero-order valence-corrected chi connectivity index (χ0v) is 12.4. The van der Waals surface area contributed by atoms with Gasteiger partial charge in [0.15, 0.2) is 0 Å². The standard InChI is InChI=1S/C12H19F3N2O3S/c13-12(14,15)2-1-7-21(19,20)17-5-3-11(4-6-17)8-10(18)16-9-11/h1-9H2,(H,16,18). The molecule has 1 spiro atoms. The minimum atomic E-state index is -4.32. The van der Waals surface area contributed by atoms with Gasteiger partial charge in [-0.25, -0.2) is 12.7 Å². The van der Waals surface area contributed by atoms with Crippen LogP contribution in [0.15, 0.2) is 0 Å². The SMILES string of the molecule is O=C1CC2(CCN(S(=O)(=O)CCCC(F)(F)F)CC2)CN1. The number of carbonyl (C=O) groups is 1. The van der Waals surface area contributed by atoms with Gasteiger partial charge >= 0.3 is 6.18 Å². The Labute approximate surface area is 121 Å². The Hall–Kier alpha value is -0.830. The number of hydrogen-bond acceptors (Lipinski definition) is 3. The molecule has 2 saturated heterocycles. The number of sulfonamides is 1.